The minimum Gasteiger partial charge on any atom is -0.496 e. The molecule has 136 valence electrons. The Morgan fingerprint density at radius 3 is 2.65 bits per heavy atom. The van der Waals surface area contributed by atoms with Gasteiger partial charge in [-0.15, -0.1) is 0 Å². The number of rotatable bonds is 7. The number of hydrogen-bond acceptors (Lipinski definition) is 6. The smallest absolute Gasteiger partial charge is 0.340 e. The average molecular weight is 379 g/mol. The summed E-state index contributed by atoms with van der Waals surface area (Å²) in [5.41, 5.74) is 0.275. The Bertz CT molecular complexity index is 840. The van der Waals surface area contributed by atoms with Crippen molar-refractivity contribution in [3.63, 3.8) is 0 Å². The molecule has 0 heterocycles. The second-order valence-corrected chi connectivity index (χ2v) is 5.49. The Kier molecular flexibility index (Phi) is 6.51. The number of ether oxygens (including phenoxy) is 2. The van der Waals surface area contributed by atoms with Gasteiger partial charge >= 0.3 is 5.97 Å². The van der Waals surface area contributed by atoms with Crippen LogP contribution in [0, 0.1) is 10.1 Å². The van der Waals surface area contributed by atoms with Crippen molar-refractivity contribution in [1.29, 1.82) is 0 Å². The van der Waals surface area contributed by atoms with Crippen LogP contribution in [0.1, 0.15) is 15.9 Å². The molecule has 1 N–H and O–H groups in total. The standard InChI is InChI=1S/C17H15ClN2O6/c1-25-15-5-3-2-4-11(15)9-19-16(21)10-26-17(22)13-8-12(20(23)24)6-7-14(13)18/h2-8H,9-10H2,1H3,(H,19,21). The minimum absolute atomic E-state index is 0.00460. The third kappa shape index (κ3) is 4.93. The lowest BCUT2D eigenvalue weighted by Gasteiger charge is -2.10. The van der Waals surface area contributed by atoms with Gasteiger partial charge in [0.05, 0.1) is 22.6 Å². The summed E-state index contributed by atoms with van der Waals surface area (Å²) in [6.07, 6.45) is 0. The van der Waals surface area contributed by atoms with E-state index in [1.807, 2.05) is 0 Å². The number of methoxy groups -OCH3 is 1. The summed E-state index contributed by atoms with van der Waals surface area (Å²) in [6, 6.07) is 10.5. The number of halogens is 1. The first kappa shape index (κ1) is 19.2. The van der Waals surface area contributed by atoms with Gasteiger partial charge in [0.2, 0.25) is 0 Å². The van der Waals surface area contributed by atoms with E-state index in [1.54, 1.807) is 24.3 Å². The second kappa shape index (κ2) is 8.82. The van der Waals surface area contributed by atoms with Gasteiger partial charge < -0.3 is 14.8 Å². The molecule has 0 aliphatic heterocycles. The lowest BCUT2D eigenvalue weighted by Crippen LogP contribution is -2.28. The molecule has 0 spiro atoms. The Balaban J connectivity index is 1.92. The third-order valence-electron chi connectivity index (χ3n) is 3.38. The summed E-state index contributed by atoms with van der Waals surface area (Å²) in [5.74, 6) is -0.842. The number of non-ortho nitro benzene ring substituents is 1. The molecule has 0 saturated carbocycles. The highest BCUT2D eigenvalue weighted by Crippen LogP contribution is 2.22. The largest absolute Gasteiger partial charge is 0.496 e. The number of nitro benzene ring substituents is 1. The fourth-order valence-corrected chi connectivity index (χ4v) is 2.28. The van der Waals surface area contributed by atoms with E-state index in [0.717, 1.165) is 11.6 Å². The first-order valence-corrected chi connectivity index (χ1v) is 7.80. The predicted molar refractivity (Wildman–Crippen MR) is 93.2 cm³/mol. The van der Waals surface area contributed by atoms with Gasteiger partial charge in [-0.05, 0) is 12.1 Å². The molecule has 0 bridgehead atoms. The summed E-state index contributed by atoms with van der Waals surface area (Å²) in [5, 5.41) is 13.3. The van der Waals surface area contributed by atoms with Gasteiger partial charge in [0.15, 0.2) is 6.61 Å². The molecule has 0 unspecified atom stereocenters. The molecule has 0 fully saturated rings. The molecule has 0 atom stereocenters. The Labute approximate surface area is 153 Å². The highest BCUT2D eigenvalue weighted by Gasteiger charge is 2.18. The molecule has 2 aromatic rings. The van der Waals surface area contributed by atoms with Gasteiger partial charge in [-0.25, -0.2) is 4.79 Å². The van der Waals surface area contributed by atoms with Gasteiger partial charge in [-0.2, -0.15) is 0 Å². The van der Waals surface area contributed by atoms with Crippen molar-refractivity contribution in [2.24, 2.45) is 0 Å². The number of nitro groups is 1. The number of nitrogens with one attached hydrogen (secondary N) is 1. The fraction of sp³-hybridized carbons (Fsp3) is 0.176. The normalized spacial score (nSPS) is 10.1. The van der Waals surface area contributed by atoms with Gasteiger partial charge in [0.1, 0.15) is 5.75 Å². The SMILES string of the molecule is COc1ccccc1CNC(=O)COC(=O)c1cc([N+](=O)[O-])ccc1Cl. The van der Waals surface area contributed by atoms with Crippen LogP contribution < -0.4 is 10.1 Å². The molecule has 1 amide bonds. The minimum atomic E-state index is -0.925. The maximum absolute atomic E-state index is 12.0. The Morgan fingerprint density at radius 1 is 1.23 bits per heavy atom. The van der Waals surface area contributed by atoms with Gasteiger partial charge in [-0.3, -0.25) is 14.9 Å². The zero-order chi connectivity index (χ0) is 19.1. The summed E-state index contributed by atoms with van der Waals surface area (Å²) in [4.78, 5) is 33.9. The van der Waals surface area contributed by atoms with Crippen LogP contribution in [0.2, 0.25) is 5.02 Å². The molecular weight excluding hydrogens is 364 g/mol. The predicted octanol–water partition coefficient (Wildman–Crippen LogP) is 2.73. The summed E-state index contributed by atoms with van der Waals surface area (Å²) >= 11 is 5.85. The Hall–Kier alpha value is -3.13. The molecule has 0 aliphatic carbocycles. The number of benzene rings is 2. The maximum Gasteiger partial charge on any atom is 0.340 e. The van der Waals surface area contributed by atoms with E-state index in [2.05, 4.69) is 5.32 Å². The van der Waals surface area contributed by atoms with E-state index in [0.29, 0.717) is 5.75 Å². The number of carbonyl (C=O) groups excluding carboxylic acids is 2. The Morgan fingerprint density at radius 2 is 1.96 bits per heavy atom. The van der Waals surface area contributed by atoms with Crippen LogP contribution in [-0.2, 0) is 16.1 Å². The molecular formula is C17H15ClN2O6. The molecule has 0 radical (unpaired) electrons. The number of para-hydroxylation sites is 1. The van der Waals surface area contributed by atoms with E-state index in [9.17, 15) is 19.7 Å². The number of amides is 1. The van der Waals surface area contributed by atoms with Gasteiger partial charge in [-0.1, -0.05) is 29.8 Å². The molecule has 9 heteroatoms. The summed E-state index contributed by atoms with van der Waals surface area (Å²) in [7, 11) is 1.52. The van der Waals surface area contributed by atoms with E-state index < -0.39 is 23.4 Å². The van der Waals surface area contributed by atoms with Gasteiger partial charge in [0.25, 0.3) is 11.6 Å². The fourth-order valence-electron chi connectivity index (χ4n) is 2.09. The molecule has 26 heavy (non-hydrogen) atoms. The highest BCUT2D eigenvalue weighted by molar-refractivity contribution is 6.33. The van der Waals surface area contributed by atoms with Crippen LogP contribution in [0.4, 0.5) is 5.69 Å². The van der Waals surface area contributed by atoms with Crippen molar-refractivity contribution in [3.05, 3.63) is 68.7 Å². The van der Waals surface area contributed by atoms with E-state index >= 15 is 0 Å². The maximum atomic E-state index is 12.0. The number of hydrogen-bond donors (Lipinski definition) is 1. The number of esters is 1. The number of nitrogens with zero attached hydrogens (tertiary/aromatic N) is 1. The second-order valence-electron chi connectivity index (χ2n) is 5.09. The lowest BCUT2D eigenvalue weighted by atomic mass is 10.2. The topological polar surface area (TPSA) is 108 Å². The average Bonchev–Trinajstić information content (AvgIpc) is 2.64. The van der Waals surface area contributed by atoms with Crippen molar-refractivity contribution in [2.75, 3.05) is 13.7 Å². The van der Waals surface area contributed by atoms with Crippen LogP contribution in [0.5, 0.6) is 5.75 Å². The molecule has 2 aromatic carbocycles. The highest BCUT2D eigenvalue weighted by atomic mass is 35.5. The third-order valence-corrected chi connectivity index (χ3v) is 3.71. The first-order chi connectivity index (χ1) is 12.4. The monoisotopic (exact) mass is 378 g/mol. The quantitative estimate of drug-likeness (QED) is 0.451. The van der Waals surface area contributed by atoms with E-state index in [4.69, 9.17) is 21.1 Å². The van der Waals surface area contributed by atoms with Gasteiger partial charge in [0, 0.05) is 24.2 Å². The molecule has 0 aromatic heterocycles. The van der Waals surface area contributed by atoms with Crippen molar-refractivity contribution in [1.82, 2.24) is 5.32 Å². The zero-order valence-corrected chi connectivity index (χ0v) is 14.5. The van der Waals surface area contributed by atoms with Crippen molar-refractivity contribution in [2.45, 2.75) is 6.54 Å². The lowest BCUT2D eigenvalue weighted by molar-refractivity contribution is -0.384. The molecule has 8 nitrogen and oxygen atoms in total. The zero-order valence-electron chi connectivity index (χ0n) is 13.7. The van der Waals surface area contributed by atoms with E-state index in [1.165, 1.54) is 19.2 Å². The van der Waals surface area contributed by atoms with Crippen molar-refractivity contribution in [3.8, 4) is 5.75 Å². The summed E-state index contributed by atoms with van der Waals surface area (Å²) < 4.78 is 10.0. The van der Waals surface area contributed by atoms with Crippen LogP contribution in [0.15, 0.2) is 42.5 Å². The molecule has 2 rings (SSSR count). The molecule has 0 aliphatic rings. The van der Waals surface area contributed by atoms with Crippen LogP contribution in [0.25, 0.3) is 0 Å². The molecule has 0 saturated heterocycles. The summed E-state index contributed by atoms with van der Waals surface area (Å²) in [6.45, 7) is -0.356. The van der Waals surface area contributed by atoms with Crippen LogP contribution >= 0.6 is 11.6 Å². The van der Waals surface area contributed by atoms with E-state index in [-0.39, 0.29) is 22.8 Å². The van der Waals surface area contributed by atoms with Crippen molar-refractivity contribution < 1.29 is 24.0 Å². The van der Waals surface area contributed by atoms with Crippen LogP contribution in [-0.4, -0.2) is 30.5 Å². The number of carbonyl (C=O) groups is 2. The van der Waals surface area contributed by atoms with Crippen molar-refractivity contribution >= 4 is 29.2 Å². The first-order valence-electron chi connectivity index (χ1n) is 7.42. The van der Waals surface area contributed by atoms with Crippen LogP contribution in [0.3, 0.4) is 0 Å².